The van der Waals surface area contributed by atoms with Crippen molar-refractivity contribution in [3.05, 3.63) is 119 Å². The first kappa shape index (κ1) is 26.9. The monoisotopic (exact) mass is 588 g/mol. The molecule has 1 atom stereocenters. The van der Waals surface area contributed by atoms with Gasteiger partial charge in [-0.25, -0.2) is 9.79 Å². The van der Waals surface area contributed by atoms with Crippen LogP contribution < -0.4 is 29.1 Å². The topological polar surface area (TPSA) is 88.4 Å². The molecule has 8 nitrogen and oxygen atoms in total. The van der Waals surface area contributed by atoms with Gasteiger partial charge in [-0.3, -0.25) is 9.36 Å². The van der Waals surface area contributed by atoms with Crippen LogP contribution in [0.1, 0.15) is 36.6 Å². The van der Waals surface area contributed by atoms with Crippen molar-refractivity contribution >= 4 is 35.0 Å². The van der Waals surface area contributed by atoms with Gasteiger partial charge in [0.1, 0.15) is 12.4 Å². The molecule has 0 bridgehead atoms. The first-order chi connectivity index (χ1) is 19.9. The number of rotatable bonds is 7. The fourth-order valence-electron chi connectivity index (χ4n) is 4.78. The number of carbonyl (C=O) groups excluding carboxylic acids is 1. The number of allylic oxidation sites excluding steroid dienone is 1. The Morgan fingerprint density at radius 1 is 1.12 bits per heavy atom. The molecule has 4 aromatic rings. The van der Waals surface area contributed by atoms with E-state index in [1.54, 1.807) is 30.5 Å². The molecule has 3 aromatic carbocycles. The number of nitrogens with zero attached hydrogens (tertiary/aromatic N) is 2. The number of thiazole rings is 1. The average Bonchev–Trinajstić information content (AvgIpc) is 3.56. The molecule has 3 heterocycles. The number of esters is 1. The summed E-state index contributed by atoms with van der Waals surface area (Å²) in [6.45, 7) is 4.16. The Balaban J connectivity index is 1.36. The summed E-state index contributed by atoms with van der Waals surface area (Å²) in [4.78, 5) is 32.1. The normalized spacial score (nSPS) is 15.9. The molecule has 0 saturated carbocycles. The van der Waals surface area contributed by atoms with Gasteiger partial charge in [0.15, 0.2) is 16.3 Å². The summed E-state index contributed by atoms with van der Waals surface area (Å²) in [5.74, 6) is 1.33. The zero-order valence-corrected chi connectivity index (χ0v) is 23.8. The second-order valence-corrected chi connectivity index (χ2v) is 10.8. The number of hydrogen-bond acceptors (Lipinski definition) is 8. The zero-order chi connectivity index (χ0) is 28.5. The van der Waals surface area contributed by atoms with E-state index in [1.807, 2.05) is 60.7 Å². The van der Waals surface area contributed by atoms with Gasteiger partial charge in [-0.1, -0.05) is 59.3 Å². The Morgan fingerprint density at radius 2 is 1.90 bits per heavy atom. The third-order valence-electron chi connectivity index (χ3n) is 6.76. The SMILES string of the molecule is CCOC(=O)C1=C(C)N=c2s/c(=C\c3ccc(OCc4ccccc4Cl)cc3)c(=O)n2C1c1ccc2c(c1)OCO2. The molecule has 0 spiro atoms. The van der Waals surface area contributed by atoms with E-state index in [1.165, 1.54) is 11.3 Å². The lowest BCUT2D eigenvalue weighted by atomic mass is 9.95. The van der Waals surface area contributed by atoms with Gasteiger partial charge in [-0.2, -0.15) is 0 Å². The minimum atomic E-state index is -0.734. The largest absolute Gasteiger partial charge is 0.489 e. The second kappa shape index (κ2) is 11.3. The summed E-state index contributed by atoms with van der Waals surface area (Å²) in [5, 5.41) is 0.653. The molecule has 1 unspecified atom stereocenters. The molecule has 208 valence electrons. The highest BCUT2D eigenvalue weighted by Gasteiger charge is 2.34. The second-order valence-electron chi connectivity index (χ2n) is 9.36. The maximum Gasteiger partial charge on any atom is 0.338 e. The molecular weight excluding hydrogens is 564 g/mol. The molecule has 0 N–H and O–H groups in total. The molecule has 0 aliphatic carbocycles. The summed E-state index contributed by atoms with van der Waals surface area (Å²) in [7, 11) is 0. The van der Waals surface area contributed by atoms with Gasteiger partial charge in [0.2, 0.25) is 6.79 Å². The summed E-state index contributed by atoms with van der Waals surface area (Å²) in [5.41, 5.74) is 2.96. The zero-order valence-electron chi connectivity index (χ0n) is 22.3. The maximum atomic E-state index is 13.8. The van der Waals surface area contributed by atoms with Crippen LogP contribution >= 0.6 is 22.9 Å². The van der Waals surface area contributed by atoms with Crippen LogP contribution in [0.5, 0.6) is 17.2 Å². The molecular formula is C31H25ClN2O6S. The molecule has 0 radical (unpaired) electrons. The van der Waals surface area contributed by atoms with Crippen molar-refractivity contribution in [3.8, 4) is 17.2 Å². The minimum Gasteiger partial charge on any atom is -0.489 e. The summed E-state index contributed by atoms with van der Waals surface area (Å²) in [6, 6.07) is 19.7. The smallest absolute Gasteiger partial charge is 0.338 e. The van der Waals surface area contributed by atoms with E-state index in [0.717, 1.165) is 11.1 Å². The number of fused-ring (bicyclic) bond motifs is 2. The van der Waals surface area contributed by atoms with E-state index in [9.17, 15) is 9.59 Å². The quantitative estimate of drug-likeness (QED) is 0.289. The van der Waals surface area contributed by atoms with Crippen LogP contribution in [0.3, 0.4) is 0 Å². The molecule has 0 saturated heterocycles. The first-order valence-electron chi connectivity index (χ1n) is 13.0. The van der Waals surface area contributed by atoms with Crippen LogP contribution in [0.15, 0.2) is 87.8 Å². The van der Waals surface area contributed by atoms with Crippen molar-refractivity contribution in [1.82, 2.24) is 4.57 Å². The molecule has 0 amide bonds. The third-order valence-corrected chi connectivity index (χ3v) is 8.11. The predicted molar refractivity (Wildman–Crippen MR) is 155 cm³/mol. The van der Waals surface area contributed by atoms with Crippen molar-refractivity contribution in [2.75, 3.05) is 13.4 Å². The lowest BCUT2D eigenvalue weighted by molar-refractivity contribution is -0.139. The van der Waals surface area contributed by atoms with E-state index >= 15 is 0 Å². The van der Waals surface area contributed by atoms with Crippen molar-refractivity contribution in [1.29, 1.82) is 0 Å². The number of hydrogen-bond donors (Lipinski definition) is 0. The van der Waals surface area contributed by atoms with Gasteiger partial charge < -0.3 is 18.9 Å². The van der Waals surface area contributed by atoms with Crippen molar-refractivity contribution in [2.45, 2.75) is 26.5 Å². The minimum absolute atomic E-state index is 0.116. The summed E-state index contributed by atoms with van der Waals surface area (Å²) >= 11 is 7.49. The Hall–Kier alpha value is -4.34. The number of ether oxygens (including phenoxy) is 4. The van der Waals surface area contributed by atoms with E-state index in [-0.39, 0.29) is 19.0 Å². The van der Waals surface area contributed by atoms with E-state index in [0.29, 0.717) is 55.0 Å². The molecule has 41 heavy (non-hydrogen) atoms. The highest BCUT2D eigenvalue weighted by Crippen LogP contribution is 2.38. The number of aromatic nitrogens is 1. The molecule has 2 aliphatic heterocycles. The highest BCUT2D eigenvalue weighted by molar-refractivity contribution is 7.07. The summed E-state index contributed by atoms with van der Waals surface area (Å²) in [6.07, 6.45) is 1.81. The van der Waals surface area contributed by atoms with Crippen molar-refractivity contribution in [3.63, 3.8) is 0 Å². The average molecular weight is 589 g/mol. The van der Waals surface area contributed by atoms with Gasteiger partial charge in [0.25, 0.3) is 5.56 Å². The van der Waals surface area contributed by atoms with Gasteiger partial charge in [0.05, 0.1) is 28.5 Å². The van der Waals surface area contributed by atoms with Gasteiger partial charge in [-0.15, -0.1) is 0 Å². The lowest BCUT2D eigenvalue weighted by Crippen LogP contribution is -2.39. The number of benzene rings is 3. The van der Waals surface area contributed by atoms with E-state index < -0.39 is 12.0 Å². The lowest BCUT2D eigenvalue weighted by Gasteiger charge is -2.24. The van der Waals surface area contributed by atoms with Crippen molar-refractivity contribution in [2.24, 2.45) is 4.99 Å². The van der Waals surface area contributed by atoms with E-state index in [4.69, 9.17) is 30.5 Å². The molecule has 0 fully saturated rings. The van der Waals surface area contributed by atoms with Gasteiger partial charge >= 0.3 is 5.97 Å². The van der Waals surface area contributed by atoms with Crippen LogP contribution in [0, 0.1) is 0 Å². The molecule has 10 heteroatoms. The Morgan fingerprint density at radius 3 is 2.68 bits per heavy atom. The van der Waals surface area contributed by atoms with E-state index in [2.05, 4.69) is 4.99 Å². The molecule has 1 aromatic heterocycles. The van der Waals surface area contributed by atoms with Gasteiger partial charge in [-0.05, 0) is 61.4 Å². The van der Waals surface area contributed by atoms with Crippen LogP contribution in [0.2, 0.25) is 5.02 Å². The fraction of sp³-hybridized carbons (Fsp3) is 0.194. The standard InChI is InChI=1S/C31H25ClN2O6S/c1-3-37-30(36)27-18(2)33-31-34(28(27)20-10-13-24-25(15-20)40-17-39-24)29(35)26(41-31)14-19-8-11-22(12-9-19)38-16-21-6-4-5-7-23(21)32/h4-15,28H,3,16-17H2,1-2H3/b26-14-. The Labute approximate surface area is 244 Å². The van der Waals surface area contributed by atoms with Crippen LogP contribution in [0.4, 0.5) is 0 Å². The van der Waals surface area contributed by atoms with Gasteiger partial charge in [0, 0.05) is 10.6 Å². The maximum absolute atomic E-state index is 13.8. The van der Waals surface area contributed by atoms with Crippen LogP contribution in [0.25, 0.3) is 6.08 Å². The highest BCUT2D eigenvalue weighted by atomic mass is 35.5. The Kier molecular flexibility index (Phi) is 7.38. The Bertz CT molecular complexity index is 1860. The molecule has 6 rings (SSSR count). The predicted octanol–water partition coefficient (Wildman–Crippen LogP) is 4.76. The fourth-order valence-corrected chi connectivity index (χ4v) is 6.02. The van der Waals surface area contributed by atoms with Crippen molar-refractivity contribution < 1.29 is 23.7 Å². The third kappa shape index (κ3) is 5.26. The van der Waals surface area contributed by atoms with Crippen LogP contribution in [-0.2, 0) is 16.1 Å². The first-order valence-corrected chi connectivity index (χ1v) is 14.2. The number of halogens is 1. The number of carbonyl (C=O) groups is 1. The molecule has 2 aliphatic rings. The summed E-state index contributed by atoms with van der Waals surface area (Å²) < 4.78 is 24.3. The van der Waals surface area contributed by atoms with Crippen LogP contribution in [-0.4, -0.2) is 23.9 Å².